The maximum absolute atomic E-state index is 12.9. The molecular formula is C22H13NO3. The molecule has 1 heterocycles. The number of rotatable bonds is 0. The van der Waals surface area contributed by atoms with Crippen molar-refractivity contribution in [2.45, 2.75) is 0 Å². The van der Waals surface area contributed by atoms with Crippen molar-refractivity contribution in [3.05, 3.63) is 83.2 Å². The number of hydrogen-bond acceptors (Lipinski definition) is 2. The Kier molecular flexibility index (Phi) is 2.91. The summed E-state index contributed by atoms with van der Waals surface area (Å²) < 4.78 is 0.846. The highest BCUT2D eigenvalue weighted by atomic mass is 16.4. The van der Waals surface area contributed by atoms with E-state index in [2.05, 4.69) is 0 Å². The van der Waals surface area contributed by atoms with Gasteiger partial charge in [-0.2, -0.15) is 0 Å². The summed E-state index contributed by atoms with van der Waals surface area (Å²) in [5, 5.41) is 15.6. The Morgan fingerprint density at radius 1 is 0.692 bits per heavy atom. The van der Waals surface area contributed by atoms with E-state index in [0.29, 0.717) is 10.9 Å². The summed E-state index contributed by atoms with van der Waals surface area (Å²) in [6, 6.07) is 22.8. The quantitative estimate of drug-likeness (QED) is 0.404. The summed E-state index contributed by atoms with van der Waals surface area (Å²) in [5.41, 5.74) is -0.105. The normalized spacial score (nSPS) is 11.5. The fraction of sp³-hybridized carbons (Fsp3) is 0. The third-order valence-electron chi connectivity index (χ3n) is 4.95. The molecule has 1 aromatic heterocycles. The second kappa shape index (κ2) is 5.17. The highest BCUT2D eigenvalue weighted by Gasteiger charge is 2.18. The van der Waals surface area contributed by atoms with Gasteiger partial charge >= 0.3 is 6.09 Å². The minimum Gasteiger partial charge on any atom is -0.464 e. The van der Waals surface area contributed by atoms with Gasteiger partial charge in [0, 0.05) is 16.2 Å². The molecule has 0 saturated carbocycles. The van der Waals surface area contributed by atoms with E-state index in [9.17, 15) is 14.7 Å². The molecule has 0 aliphatic rings. The minimum atomic E-state index is -1.27. The van der Waals surface area contributed by atoms with Crippen LogP contribution in [-0.4, -0.2) is 15.8 Å². The molecular weight excluding hydrogens is 326 g/mol. The van der Waals surface area contributed by atoms with Crippen LogP contribution in [-0.2, 0) is 0 Å². The zero-order valence-electron chi connectivity index (χ0n) is 13.6. The third-order valence-corrected chi connectivity index (χ3v) is 4.95. The summed E-state index contributed by atoms with van der Waals surface area (Å²) in [6.45, 7) is 0. The Morgan fingerprint density at radius 3 is 1.92 bits per heavy atom. The summed E-state index contributed by atoms with van der Waals surface area (Å²) in [6.07, 6.45) is -1.27. The first-order valence-electron chi connectivity index (χ1n) is 8.28. The van der Waals surface area contributed by atoms with Crippen LogP contribution in [0.1, 0.15) is 0 Å². The zero-order valence-corrected chi connectivity index (χ0v) is 13.6. The van der Waals surface area contributed by atoms with Gasteiger partial charge in [0.05, 0.1) is 5.52 Å². The van der Waals surface area contributed by atoms with Crippen molar-refractivity contribution >= 4 is 49.3 Å². The van der Waals surface area contributed by atoms with Crippen LogP contribution in [0.5, 0.6) is 0 Å². The van der Waals surface area contributed by atoms with Gasteiger partial charge in [-0.05, 0) is 33.7 Å². The smallest absolute Gasteiger partial charge is 0.419 e. The molecule has 4 heteroatoms. The van der Waals surface area contributed by atoms with Gasteiger partial charge in [0.25, 0.3) is 5.56 Å². The maximum Gasteiger partial charge on any atom is 0.419 e. The summed E-state index contributed by atoms with van der Waals surface area (Å²) in [4.78, 5) is 24.8. The largest absolute Gasteiger partial charge is 0.464 e. The van der Waals surface area contributed by atoms with Crippen LogP contribution < -0.4 is 5.56 Å². The van der Waals surface area contributed by atoms with E-state index in [1.165, 1.54) is 0 Å². The molecule has 0 spiro atoms. The van der Waals surface area contributed by atoms with Gasteiger partial charge in [0.2, 0.25) is 0 Å². The van der Waals surface area contributed by atoms with E-state index in [1.807, 2.05) is 60.7 Å². The van der Waals surface area contributed by atoms with E-state index in [0.717, 1.165) is 36.9 Å². The molecule has 0 fully saturated rings. The lowest BCUT2D eigenvalue weighted by Crippen LogP contribution is -2.26. The Bertz CT molecular complexity index is 1430. The summed E-state index contributed by atoms with van der Waals surface area (Å²) in [5.74, 6) is 0. The summed E-state index contributed by atoms with van der Waals surface area (Å²) in [7, 11) is 0. The Labute approximate surface area is 147 Å². The number of aromatic nitrogens is 1. The molecule has 4 nitrogen and oxygen atoms in total. The predicted molar refractivity (Wildman–Crippen MR) is 104 cm³/mol. The fourth-order valence-corrected chi connectivity index (χ4v) is 3.85. The number of pyridine rings is 1. The number of carboxylic acid groups (broad SMARTS) is 1. The molecule has 0 aliphatic heterocycles. The van der Waals surface area contributed by atoms with Crippen LogP contribution in [0.4, 0.5) is 4.79 Å². The number of benzene rings is 4. The maximum atomic E-state index is 12.9. The second-order valence-corrected chi connectivity index (χ2v) is 6.31. The SMILES string of the molecule is O=C(O)n1c(=O)c2ccc3ccccc3c2c2c3ccccc3ccc21. The van der Waals surface area contributed by atoms with Gasteiger partial charge in [-0.25, -0.2) is 9.36 Å². The van der Waals surface area contributed by atoms with E-state index in [-0.39, 0.29) is 0 Å². The van der Waals surface area contributed by atoms with Gasteiger partial charge in [-0.3, -0.25) is 4.79 Å². The van der Waals surface area contributed by atoms with Crippen molar-refractivity contribution in [1.82, 2.24) is 4.57 Å². The minimum absolute atomic E-state index is 0.407. The number of nitrogens with zero attached hydrogens (tertiary/aromatic N) is 1. The number of carbonyl (C=O) groups is 1. The van der Waals surface area contributed by atoms with Gasteiger partial charge < -0.3 is 5.11 Å². The van der Waals surface area contributed by atoms with Crippen LogP contribution in [0.3, 0.4) is 0 Å². The van der Waals surface area contributed by atoms with Crippen molar-refractivity contribution in [1.29, 1.82) is 0 Å². The zero-order chi connectivity index (χ0) is 17.8. The van der Waals surface area contributed by atoms with Crippen LogP contribution >= 0.6 is 0 Å². The topological polar surface area (TPSA) is 59.3 Å². The first kappa shape index (κ1) is 14.7. The molecule has 0 amide bonds. The predicted octanol–water partition coefficient (Wildman–Crippen LogP) is 4.99. The van der Waals surface area contributed by atoms with Crippen molar-refractivity contribution in [2.24, 2.45) is 0 Å². The van der Waals surface area contributed by atoms with Crippen LogP contribution in [0, 0.1) is 0 Å². The van der Waals surface area contributed by atoms with Crippen molar-refractivity contribution in [3.8, 4) is 0 Å². The van der Waals surface area contributed by atoms with E-state index >= 15 is 0 Å². The van der Waals surface area contributed by atoms with Crippen LogP contribution in [0.25, 0.3) is 43.2 Å². The van der Waals surface area contributed by atoms with Gasteiger partial charge in [-0.1, -0.05) is 60.7 Å². The molecule has 5 rings (SSSR count). The molecule has 0 saturated heterocycles. The highest BCUT2D eigenvalue weighted by molar-refractivity contribution is 6.27. The summed E-state index contributed by atoms with van der Waals surface area (Å²) >= 11 is 0. The lowest BCUT2D eigenvalue weighted by atomic mass is 9.95. The molecule has 0 unspecified atom stereocenters. The Hall–Kier alpha value is -3.66. The second-order valence-electron chi connectivity index (χ2n) is 6.31. The molecule has 0 atom stereocenters. The van der Waals surface area contributed by atoms with Crippen molar-refractivity contribution in [2.75, 3.05) is 0 Å². The lowest BCUT2D eigenvalue weighted by Gasteiger charge is -2.13. The average Bonchev–Trinajstić information content (AvgIpc) is 2.67. The Morgan fingerprint density at radius 2 is 1.27 bits per heavy atom. The third kappa shape index (κ3) is 1.84. The van der Waals surface area contributed by atoms with Crippen LogP contribution in [0.2, 0.25) is 0 Å². The van der Waals surface area contributed by atoms with Crippen molar-refractivity contribution < 1.29 is 9.90 Å². The molecule has 5 aromatic rings. The van der Waals surface area contributed by atoms with Gasteiger partial charge in [0.15, 0.2) is 0 Å². The first-order chi connectivity index (χ1) is 12.7. The standard InChI is InChI=1S/C22H13NO3/c24-21-17-11-9-13-5-1-3-7-15(13)19(17)20-16-8-4-2-6-14(16)10-12-18(20)23(21)22(25)26/h1-12H,(H,25,26). The van der Waals surface area contributed by atoms with Crippen LogP contribution in [0.15, 0.2) is 77.6 Å². The molecule has 0 bridgehead atoms. The van der Waals surface area contributed by atoms with Crippen molar-refractivity contribution in [3.63, 3.8) is 0 Å². The molecule has 124 valence electrons. The van der Waals surface area contributed by atoms with E-state index in [4.69, 9.17) is 0 Å². The first-order valence-corrected chi connectivity index (χ1v) is 8.28. The van der Waals surface area contributed by atoms with Gasteiger partial charge in [-0.15, -0.1) is 0 Å². The lowest BCUT2D eigenvalue weighted by molar-refractivity contribution is 0.196. The number of fused-ring (bicyclic) bond motifs is 7. The van der Waals surface area contributed by atoms with E-state index < -0.39 is 11.7 Å². The monoisotopic (exact) mass is 339 g/mol. The molecule has 4 aromatic carbocycles. The number of hydrogen-bond donors (Lipinski definition) is 1. The fourth-order valence-electron chi connectivity index (χ4n) is 3.85. The Balaban J connectivity index is 2.25. The molecule has 1 N–H and O–H groups in total. The highest BCUT2D eigenvalue weighted by Crippen LogP contribution is 2.34. The molecule has 26 heavy (non-hydrogen) atoms. The molecule has 0 aliphatic carbocycles. The van der Waals surface area contributed by atoms with Gasteiger partial charge in [0.1, 0.15) is 0 Å². The average molecular weight is 339 g/mol. The molecule has 0 radical (unpaired) electrons. The van der Waals surface area contributed by atoms with E-state index in [1.54, 1.807) is 12.1 Å².